The standard InChI is InChI=1S/C14H11F3N2O4S/c1-23-12-7-4-10(8-18-12)19-13(20)9-2-5-11(6-3-9)24(21,22)14(15,16)17/h2-8H,1H3,(H,19,20). The molecule has 1 N–H and O–H groups in total. The summed E-state index contributed by atoms with van der Waals surface area (Å²) in [6.07, 6.45) is 1.33. The van der Waals surface area contributed by atoms with Crippen LogP contribution in [0.25, 0.3) is 0 Å². The second-order valence-corrected chi connectivity index (χ2v) is 6.46. The molecule has 1 aromatic carbocycles. The van der Waals surface area contributed by atoms with Crippen LogP contribution in [0.15, 0.2) is 47.5 Å². The topological polar surface area (TPSA) is 85.4 Å². The summed E-state index contributed by atoms with van der Waals surface area (Å²) in [5, 5.41) is 2.47. The van der Waals surface area contributed by atoms with Gasteiger partial charge in [-0.2, -0.15) is 13.2 Å². The molecule has 0 bridgehead atoms. The molecule has 1 aromatic heterocycles. The maximum atomic E-state index is 12.4. The summed E-state index contributed by atoms with van der Waals surface area (Å²) in [6.45, 7) is 0. The van der Waals surface area contributed by atoms with E-state index in [1.54, 1.807) is 0 Å². The van der Waals surface area contributed by atoms with E-state index in [0.29, 0.717) is 11.6 Å². The fourth-order valence-corrected chi connectivity index (χ4v) is 2.46. The molecule has 0 aliphatic carbocycles. The number of carbonyl (C=O) groups is 1. The number of nitrogens with one attached hydrogen (secondary N) is 1. The molecule has 0 aliphatic rings. The summed E-state index contributed by atoms with van der Waals surface area (Å²) in [5.41, 5.74) is -5.06. The number of carbonyl (C=O) groups excluding carboxylic acids is 1. The number of hydrogen-bond donors (Lipinski definition) is 1. The quantitative estimate of drug-likeness (QED) is 0.906. The van der Waals surface area contributed by atoms with Crippen molar-refractivity contribution in [1.29, 1.82) is 0 Å². The normalized spacial score (nSPS) is 11.8. The molecule has 2 rings (SSSR count). The molecular formula is C14H11F3N2O4S. The predicted molar refractivity (Wildman–Crippen MR) is 78.4 cm³/mol. The summed E-state index contributed by atoms with van der Waals surface area (Å²) in [6, 6.07) is 6.46. The molecule has 6 nitrogen and oxygen atoms in total. The molecule has 0 aliphatic heterocycles. The zero-order valence-electron chi connectivity index (χ0n) is 12.2. The lowest BCUT2D eigenvalue weighted by atomic mass is 10.2. The van der Waals surface area contributed by atoms with Crippen LogP contribution >= 0.6 is 0 Å². The Kier molecular flexibility index (Phi) is 4.78. The van der Waals surface area contributed by atoms with Crippen molar-refractivity contribution in [2.24, 2.45) is 0 Å². The first kappa shape index (κ1) is 17.7. The van der Waals surface area contributed by atoms with Crippen molar-refractivity contribution < 1.29 is 31.1 Å². The van der Waals surface area contributed by atoms with Crippen LogP contribution in [-0.4, -0.2) is 31.9 Å². The third kappa shape index (κ3) is 3.65. The van der Waals surface area contributed by atoms with Crippen molar-refractivity contribution in [3.05, 3.63) is 48.2 Å². The van der Waals surface area contributed by atoms with Gasteiger partial charge in [0.2, 0.25) is 5.88 Å². The number of nitrogens with zero attached hydrogens (tertiary/aromatic N) is 1. The van der Waals surface area contributed by atoms with Gasteiger partial charge in [0.1, 0.15) is 0 Å². The smallest absolute Gasteiger partial charge is 0.481 e. The maximum Gasteiger partial charge on any atom is 0.501 e. The molecule has 128 valence electrons. The van der Waals surface area contributed by atoms with Crippen molar-refractivity contribution in [3.63, 3.8) is 0 Å². The highest BCUT2D eigenvalue weighted by atomic mass is 32.2. The van der Waals surface area contributed by atoms with E-state index in [-0.39, 0.29) is 5.56 Å². The van der Waals surface area contributed by atoms with Gasteiger partial charge in [-0.1, -0.05) is 0 Å². The van der Waals surface area contributed by atoms with Crippen molar-refractivity contribution in [3.8, 4) is 5.88 Å². The number of hydrogen-bond acceptors (Lipinski definition) is 5. The molecule has 2 aromatic rings. The first-order valence-corrected chi connectivity index (χ1v) is 7.86. The Morgan fingerprint density at radius 2 is 1.75 bits per heavy atom. The van der Waals surface area contributed by atoms with Gasteiger partial charge in [-0.05, 0) is 30.3 Å². The molecule has 0 unspecified atom stereocenters. The molecule has 1 heterocycles. The predicted octanol–water partition coefficient (Wildman–Crippen LogP) is 2.64. The molecule has 0 saturated carbocycles. The largest absolute Gasteiger partial charge is 0.501 e. The fraction of sp³-hybridized carbons (Fsp3) is 0.143. The van der Waals surface area contributed by atoms with Gasteiger partial charge in [0.05, 0.1) is 23.9 Å². The molecule has 24 heavy (non-hydrogen) atoms. The molecule has 0 spiro atoms. The van der Waals surface area contributed by atoms with Crippen molar-refractivity contribution in [1.82, 2.24) is 4.98 Å². The molecule has 1 amide bonds. The zero-order chi connectivity index (χ0) is 18.0. The Morgan fingerprint density at radius 1 is 1.12 bits per heavy atom. The summed E-state index contributed by atoms with van der Waals surface area (Å²) >= 11 is 0. The van der Waals surface area contributed by atoms with E-state index >= 15 is 0 Å². The van der Waals surface area contributed by atoms with Crippen LogP contribution < -0.4 is 10.1 Å². The summed E-state index contributed by atoms with van der Waals surface area (Å²) in [5.74, 6) is -0.285. The van der Waals surface area contributed by atoms with E-state index in [9.17, 15) is 26.4 Å². The number of pyridine rings is 1. The number of sulfone groups is 1. The van der Waals surface area contributed by atoms with E-state index in [1.807, 2.05) is 0 Å². The average Bonchev–Trinajstić information content (AvgIpc) is 2.54. The SMILES string of the molecule is COc1ccc(NC(=O)c2ccc(S(=O)(=O)C(F)(F)F)cc2)cn1. The summed E-state index contributed by atoms with van der Waals surface area (Å²) < 4.78 is 64.7. The summed E-state index contributed by atoms with van der Waals surface area (Å²) in [7, 11) is -4.01. The Morgan fingerprint density at radius 3 is 2.21 bits per heavy atom. The van der Waals surface area contributed by atoms with E-state index < -0.39 is 26.1 Å². The number of rotatable bonds is 4. The van der Waals surface area contributed by atoms with Gasteiger partial charge in [-0.25, -0.2) is 13.4 Å². The van der Waals surface area contributed by atoms with E-state index in [1.165, 1.54) is 25.4 Å². The number of alkyl halides is 3. The van der Waals surface area contributed by atoms with Gasteiger partial charge in [-0.3, -0.25) is 4.79 Å². The highest BCUT2D eigenvalue weighted by Gasteiger charge is 2.46. The molecule has 0 saturated heterocycles. The monoisotopic (exact) mass is 360 g/mol. The Bertz CT molecular complexity index is 832. The minimum atomic E-state index is -5.44. The highest BCUT2D eigenvalue weighted by Crippen LogP contribution is 2.30. The molecule has 0 atom stereocenters. The fourth-order valence-electron chi connectivity index (χ4n) is 1.70. The first-order valence-electron chi connectivity index (χ1n) is 6.38. The van der Waals surface area contributed by atoms with E-state index in [4.69, 9.17) is 4.74 Å². The van der Waals surface area contributed by atoms with Crippen LogP contribution in [0.2, 0.25) is 0 Å². The number of anilines is 1. The third-order valence-electron chi connectivity index (χ3n) is 2.93. The molecule has 10 heteroatoms. The Hall–Kier alpha value is -2.62. The van der Waals surface area contributed by atoms with Gasteiger partial charge < -0.3 is 10.1 Å². The second kappa shape index (κ2) is 6.48. The third-order valence-corrected chi connectivity index (χ3v) is 4.44. The number of benzene rings is 1. The summed E-state index contributed by atoms with van der Waals surface area (Å²) in [4.78, 5) is 14.9. The lowest BCUT2D eigenvalue weighted by Gasteiger charge is -2.09. The number of amides is 1. The minimum absolute atomic E-state index is 0.00746. The lowest BCUT2D eigenvalue weighted by Crippen LogP contribution is -2.23. The van der Waals surface area contributed by atoms with Crippen LogP contribution in [0.1, 0.15) is 10.4 Å². The van der Waals surface area contributed by atoms with E-state index in [0.717, 1.165) is 24.3 Å². The zero-order valence-corrected chi connectivity index (χ0v) is 13.0. The van der Waals surface area contributed by atoms with Crippen LogP contribution in [-0.2, 0) is 9.84 Å². The van der Waals surface area contributed by atoms with Crippen LogP contribution in [0, 0.1) is 0 Å². The van der Waals surface area contributed by atoms with Gasteiger partial charge in [0, 0.05) is 11.6 Å². The average molecular weight is 360 g/mol. The minimum Gasteiger partial charge on any atom is -0.481 e. The second-order valence-electron chi connectivity index (χ2n) is 4.52. The number of ether oxygens (including phenoxy) is 1. The molecule has 0 radical (unpaired) electrons. The van der Waals surface area contributed by atoms with Gasteiger partial charge >= 0.3 is 5.51 Å². The first-order chi connectivity index (χ1) is 11.1. The van der Waals surface area contributed by atoms with Crippen molar-refractivity contribution in [2.45, 2.75) is 10.4 Å². The maximum absolute atomic E-state index is 12.4. The van der Waals surface area contributed by atoms with Crippen molar-refractivity contribution in [2.75, 3.05) is 12.4 Å². The van der Waals surface area contributed by atoms with Gasteiger partial charge in [0.15, 0.2) is 0 Å². The lowest BCUT2D eigenvalue weighted by molar-refractivity contribution is -0.0436. The Balaban J connectivity index is 2.17. The molecular weight excluding hydrogens is 349 g/mol. The van der Waals surface area contributed by atoms with Crippen LogP contribution in [0.4, 0.5) is 18.9 Å². The van der Waals surface area contributed by atoms with Crippen LogP contribution in [0.3, 0.4) is 0 Å². The van der Waals surface area contributed by atoms with Gasteiger partial charge in [0.25, 0.3) is 15.7 Å². The number of methoxy groups -OCH3 is 1. The van der Waals surface area contributed by atoms with E-state index in [2.05, 4.69) is 10.3 Å². The molecule has 0 fully saturated rings. The number of halogens is 3. The van der Waals surface area contributed by atoms with Gasteiger partial charge in [-0.15, -0.1) is 0 Å². The van der Waals surface area contributed by atoms with Crippen LogP contribution in [0.5, 0.6) is 5.88 Å². The number of aromatic nitrogens is 1. The highest BCUT2D eigenvalue weighted by molar-refractivity contribution is 7.92. The Labute approximate surface area is 135 Å². The van der Waals surface area contributed by atoms with Crippen molar-refractivity contribution >= 4 is 21.4 Å².